The van der Waals surface area contributed by atoms with E-state index in [1.54, 1.807) is 10.7 Å². The molecule has 0 saturated carbocycles. The van der Waals surface area contributed by atoms with Gasteiger partial charge in [0.2, 0.25) is 10.0 Å². The number of amides is 1. The molecule has 0 bridgehead atoms. The summed E-state index contributed by atoms with van der Waals surface area (Å²) in [7, 11) is -4.01. The number of carbonyl (C=O) groups is 1. The standard InChI is InChI=1S/C22H19FN4O3S/c1-2-27-21-19(13-24-27)18(12-20(25-21)16-6-4-3-5-7-16)22(28)26-31(29,30)14-15-8-10-17(23)11-9-15/h3-13H,2,14H2,1H3,(H,26,28). The van der Waals surface area contributed by atoms with Crippen molar-refractivity contribution in [2.45, 2.75) is 19.2 Å². The number of benzene rings is 2. The molecule has 0 atom stereocenters. The van der Waals surface area contributed by atoms with Crippen LogP contribution in [0.3, 0.4) is 0 Å². The molecule has 4 aromatic rings. The van der Waals surface area contributed by atoms with Crippen molar-refractivity contribution in [1.29, 1.82) is 0 Å². The third-order valence-corrected chi connectivity index (χ3v) is 5.95. The molecular formula is C22H19FN4O3S. The maximum atomic E-state index is 13.1. The lowest BCUT2D eigenvalue weighted by Gasteiger charge is -2.10. The van der Waals surface area contributed by atoms with Crippen LogP contribution in [0, 0.1) is 5.82 Å². The highest BCUT2D eigenvalue weighted by atomic mass is 32.2. The van der Waals surface area contributed by atoms with Crippen molar-refractivity contribution in [3.05, 3.63) is 83.8 Å². The van der Waals surface area contributed by atoms with E-state index in [4.69, 9.17) is 0 Å². The van der Waals surface area contributed by atoms with Gasteiger partial charge >= 0.3 is 0 Å². The molecule has 2 aromatic heterocycles. The van der Waals surface area contributed by atoms with Crippen LogP contribution in [0.15, 0.2) is 66.9 Å². The minimum atomic E-state index is -4.01. The van der Waals surface area contributed by atoms with Crippen LogP contribution >= 0.6 is 0 Å². The molecule has 0 aliphatic rings. The molecule has 0 unspecified atom stereocenters. The van der Waals surface area contributed by atoms with Crippen LogP contribution in [-0.2, 0) is 22.3 Å². The topological polar surface area (TPSA) is 94.0 Å². The van der Waals surface area contributed by atoms with E-state index in [9.17, 15) is 17.6 Å². The van der Waals surface area contributed by atoms with Gasteiger partial charge in [-0.2, -0.15) is 5.10 Å². The van der Waals surface area contributed by atoms with Gasteiger partial charge in [0.1, 0.15) is 5.82 Å². The van der Waals surface area contributed by atoms with Gasteiger partial charge in [0.05, 0.1) is 28.6 Å². The lowest BCUT2D eigenvalue weighted by atomic mass is 10.1. The van der Waals surface area contributed by atoms with Gasteiger partial charge in [-0.25, -0.2) is 27.2 Å². The number of halogens is 1. The second kappa shape index (κ2) is 8.27. The van der Waals surface area contributed by atoms with Crippen LogP contribution in [0.2, 0.25) is 0 Å². The van der Waals surface area contributed by atoms with E-state index in [0.29, 0.717) is 28.8 Å². The third kappa shape index (κ3) is 4.46. The van der Waals surface area contributed by atoms with Crippen LogP contribution < -0.4 is 4.72 Å². The smallest absolute Gasteiger partial charge is 0.265 e. The maximum absolute atomic E-state index is 13.1. The van der Waals surface area contributed by atoms with Crippen molar-refractivity contribution in [2.24, 2.45) is 0 Å². The van der Waals surface area contributed by atoms with Gasteiger partial charge in [-0.05, 0) is 30.7 Å². The molecule has 4 rings (SSSR count). The van der Waals surface area contributed by atoms with E-state index >= 15 is 0 Å². The molecule has 7 nitrogen and oxygen atoms in total. The Morgan fingerprint density at radius 2 is 1.81 bits per heavy atom. The average molecular weight is 438 g/mol. The first kappa shape index (κ1) is 20.7. The number of aromatic nitrogens is 3. The minimum Gasteiger partial charge on any atom is -0.268 e. The molecule has 1 N–H and O–H groups in total. The van der Waals surface area contributed by atoms with Crippen molar-refractivity contribution in [1.82, 2.24) is 19.5 Å². The molecule has 0 fully saturated rings. The highest BCUT2D eigenvalue weighted by Gasteiger charge is 2.22. The third-order valence-electron chi connectivity index (χ3n) is 4.74. The zero-order valence-electron chi connectivity index (χ0n) is 16.6. The van der Waals surface area contributed by atoms with E-state index < -0.39 is 27.5 Å². The summed E-state index contributed by atoms with van der Waals surface area (Å²) in [6, 6.07) is 15.9. The number of rotatable bonds is 6. The van der Waals surface area contributed by atoms with Gasteiger partial charge in [0.15, 0.2) is 5.65 Å². The van der Waals surface area contributed by atoms with Crippen molar-refractivity contribution in [3.63, 3.8) is 0 Å². The molecule has 9 heteroatoms. The van der Waals surface area contributed by atoms with Gasteiger partial charge in [-0.1, -0.05) is 42.5 Å². The zero-order valence-corrected chi connectivity index (χ0v) is 17.4. The summed E-state index contributed by atoms with van der Waals surface area (Å²) in [6.07, 6.45) is 1.50. The zero-order chi connectivity index (χ0) is 22.0. The number of nitrogens with one attached hydrogen (secondary N) is 1. The monoisotopic (exact) mass is 438 g/mol. The Balaban J connectivity index is 1.71. The fourth-order valence-corrected chi connectivity index (χ4v) is 4.35. The van der Waals surface area contributed by atoms with Crippen molar-refractivity contribution in [2.75, 3.05) is 0 Å². The fourth-order valence-electron chi connectivity index (χ4n) is 3.26. The number of hydrogen-bond acceptors (Lipinski definition) is 5. The molecule has 0 aliphatic carbocycles. The molecule has 0 saturated heterocycles. The summed E-state index contributed by atoms with van der Waals surface area (Å²) in [6.45, 7) is 2.44. The highest BCUT2D eigenvalue weighted by Crippen LogP contribution is 2.25. The number of fused-ring (bicyclic) bond motifs is 1. The highest BCUT2D eigenvalue weighted by molar-refractivity contribution is 7.89. The second-order valence-electron chi connectivity index (χ2n) is 6.94. The lowest BCUT2D eigenvalue weighted by molar-refractivity contribution is 0.0983. The first-order chi connectivity index (χ1) is 14.9. The quantitative estimate of drug-likeness (QED) is 0.497. The number of sulfonamides is 1. The molecule has 1 amide bonds. The Bertz CT molecular complexity index is 1350. The number of hydrogen-bond donors (Lipinski definition) is 1. The van der Waals surface area contributed by atoms with Crippen LogP contribution in [0.5, 0.6) is 0 Å². The Morgan fingerprint density at radius 3 is 2.48 bits per heavy atom. The van der Waals surface area contributed by atoms with E-state index in [0.717, 1.165) is 5.56 Å². The second-order valence-corrected chi connectivity index (χ2v) is 8.66. The molecule has 2 aromatic carbocycles. The average Bonchev–Trinajstić information content (AvgIpc) is 3.18. The number of carbonyl (C=O) groups excluding carboxylic acids is 1. The molecule has 158 valence electrons. The van der Waals surface area contributed by atoms with Crippen LogP contribution in [-0.4, -0.2) is 29.1 Å². The first-order valence-corrected chi connectivity index (χ1v) is 11.2. The van der Waals surface area contributed by atoms with Gasteiger partial charge in [0, 0.05) is 12.1 Å². The molecule has 0 radical (unpaired) electrons. The van der Waals surface area contributed by atoms with Gasteiger partial charge in [0.25, 0.3) is 5.91 Å². The van der Waals surface area contributed by atoms with Crippen LogP contribution in [0.1, 0.15) is 22.8 Å². The van der Waals surface area contributed by atoms with Crippen LogP contribution in [0.4, 0.5) is 4.39 Å². The Kier molecular flexibility index (Phi) is 5.51. The number of aryl methyl sites for hydroxylation is 1. The van der Waals surface area contributed by atoms with Crippen molar-refractivity contribution < 1.29 is 17.6 Å². The van der Waals surface area contributed by atoms with Crippen LogP contribution in [0.25, 0.3) is 22.3 Å². The molecule has 2 heterocycles. The van der Waals surface area contributed by atoms with E-state index in [-0.39, 0.29) is 5.56 Å². The summed E-state index contributed by atoms with van der Waals surface area (Å²) in [5, 5.41) is 4.71. The number of nitrogens with zero attached hydrogens (tertiary/aromatic N) is 3. The SMILES string of the molecule is CCn1ncc2c(C(=O)NS(=O)(=O)Cc3ccc(F)cc3)cc(-c3ccccc3)nc21. The van der Waals surface area contributed by atoms with Crippen molar-refractivity contribution in [3.8, 4) is 11.3 Å². The Morgan fingerprint density at radius 1 is 1.10 bits per heavy atom. The van der Waals surface area contributed by atoms with Gasteiger partial charge < -0.3 is 0 Å². The summed E-state index contributed by atoms with van der Waals surface area (Å²) in [5.41, 5.74) is 2.34. The summed E-state index contributed by atoms with van der Waals surface area (Å²) in [4.78, 5) is 17.6. The van der Waals surface area contributed by atoms with Crippen molar-refractivity contribution >= 4 is 27.0 Å². The molecule has 0 spiro atoms. The first-order valence-electron chi connectivity index (χ1n) is 9.57. The summed E-state index contributed by atoms with van der Waals surface area (Å²) < 4.78 is 41.9. The fraction of sp³-hybridized carbons (Fsp3) is 0.136. The predicted molar refractivity (Wildman–Crippen MR) is 115 cm³/mol. The number of pyridine rings is 1. The Hall–Kier alpha value is -3.59. The summed E-state index contributed by atoms with van der Waals surface area (Å²) >= 11 is 0. The Labute approximate surface area is 178 Å². The summed E-state index contributed by atoms with van der Waals surface area (Å²) in [5.74, 6) is -1.69. The van der Waals surface area contributed by atoms with E-state index in [2.05, 4.69) is 14.8 Å². The molecule has 31 heavy (non-hydrogen) atoms. The largest absolute Gasteiger partial charge is 0.268 e. The lowest BCUT2D eigenvalue weighted by Crippen LogP contribution is -2.31. The minimum absolute atomic E-state index is 0.159. The van der Waals surface area contributed by atoms with E-state index in [1.807, 2.05) is 37.3 Å². The van der Waals surface area contributed by atoms with E-state index in [1.165, 1.54) is 30.5 Å². The molecule has 0 aliphatic heterocycles. The normalized spacial score (nSPS) is 11.5. The molecular weight excluding hydrogens is 419 g/mol. The van der Waals surface area contributed by atoms with Gasteiger partial charge in [-0.15, -0.1) is 0 Å². The van der Waals surface area contributed by atoms with Gasteiger partial charge in [-0.3, -0.25) is 4.79 Å². The predicted octanol–water partition coefficient (Wildman–Crippen LogP) is 3.52. The maximum Gasteiger partial charge on any atom is 0.265 e.